The van der Waals surface area contributed by atoms with Gasteiger partial charge in [-0.2, -0.15) is 0 Å². The van der Waals surface area contributed by atoms with Gasteiger partial charge in [0.1, 0.15) is 16.7 Å². The Morgan fingerprint density at radius 1 is 0.950 bits per heavy atom. The van der Waals surface area contributed by atoms with Crippen molar-refractivity contribution in [3.63, 3.8) is 0 Å². The first-order valence-electron chi connectivity index (χ1n) is 13.2. The highest BCUT2D eigenvalue weighted by molar-refractivity contribution is 6.29. The second-order valence-electron chi connectivity index (χ2n) is 10.8. The van der Waals surface area contributed by atoms with Gasteiger partial charge in [0.15, 0.2) is 11.2 Å². The third kappa shape index (κ3) is 3.23. The molecule has 0 bridgehead atoms. The van der Waals surface area contributed by atoms with Crippen LogP contribution in [0.4, 0.5) is 0 Å². The van der Waals surface area contributed by atoms with Crippen molar-refractivity contribution in [3.8, 4) is 17.1 Å². The number of H-pyrrole nitrogens is 1. The summed E-state index contributed by atoms with van der Waals surface area (Å²) in [5.74, 6) is 0.229. The molecule has 3 atom stereocenters. The Morgan fingerprint density at radius 2 is 1.70 bits per heavy atom. The highest BCUT2D eigenvalue weighted by Gasteiger charge is 2.73. The summed E-state index contributed by atoms with van der Waals surface area (Å²) in [5, 5.41) is 13.6. The number of aromatic nitrogens is 3. The fourth-order valence-corrected chi connectivity index (χ4v) is 6.74. The van der Waals surface area contributed by atoms with Crippen LogP contribution in [0.3, 0.4) is 0 Å². The maximum atomic E-state index is 14.1. The Balaban J connectivity index is 1.63. The predicted octanol–water partition coefficient (Wildman–Crippen LogP) is 6.08. The molecule has 2 aromatic heterocycles. The van der Waals surface area contributed by atoms with E-state index in [0.717, 1.165) is 27.8 Å². The first-order chi connectivity index (χ1) is 19.2. The normalized spacial score (nSPS) is 22.4. The monoisotopic (exact) mass is 547 g/mol. The summed E-state index contributed by atoms with van der Waals surface area (Å²) < 4.78 is 7.00. The standard InChI is InChI=1S/C33H26ClN3O3/c1-18-9-12-23(13-10-18)33-28(21-7-5-4-6-8-21)26-29(32(33,39)27-20(3)15-19(2)16-24(27)40-33)36-30(37-31(26)38)22-11-14-25(34)35-17-22/h4-17,28,39H,1-3H3,(H,36,37,38)/t28-,32+,33+/m1/s1. The molecule has 5 aromatic rings. The number of aryl methyl sites for hydroxylation is 3. The lowest BCUT2D eigenvalue weighted by Crippen LogP contribution is -2.49. The van der Waals surface area contributed by atoms with Gasteiger partial charge in [-0.3, -0.25) is 4.79 Å². The zero-order valence-electron chi connectivity index (χ0n) is 22.2. The molecule has 40 heavy (non-hydrogen) atoms. The molecular formula is C33H26ClN3O3. The van der Waals surface area contributed by atoms with Gasteiger partial charge in [-0.15, -0.1) is 0 Å². The highest BCUT2D eigenvalue weighted by Crippen LogP contribution is 2.68. The van der Waals surface area contributed by atoms with Gasteiger partial charge >= 0.3 is 0 Å². The first-order valence-corrected chi connectivity index (χ1v) is 13.5. The summed E-state index contributed by atoms with van der Waals surface area (Å²) in [5.41, 5.74) is 2.92. The molecule has 2 aliphatic rings. The summed E-state index contributed by atoms with van der Waals surface area (Å²) in [6, 6.07) is 25.1. The molecule has 0 radical (unpaired) electrons. The Hall–Kier alpha value is -4.26. The molecule has 0 saturated carbocycles. The second kappa shape index (κ2) is 8.62. The summed E-state index contributed by atoms with van der Waals surface area (Å²) in [6.45, 7) is 5.98. The topological polar surface area (TPSA) is 88.1 Å². The van der Waals surface area contributed by atoms with Crippen LogP contribution in [0.25, 0.3) is 11.4 Å². The average Bonchev–Trinajstić information content (AvgIpc) is 3.32. The van der Waals surface area contributed by atoms with Crippen LogP contribution < -0.4 is 10.3 Å². The van der Waals surface area contributed by atoms with Crippen molar-refractivity contribution in [2.75, 3.05) is 0 Å². The molecule has 2 N–H and O–H groups in total. The van der Waals surface area contributed by atoms with Crippen molar-refractivity contribution in [3.05, 3.63) is 145 Å². The van der Waals surface area contributed by atoms with Crippen LogP contribution in [0.2, 0.25) is 5.15 Å². The molecule has 3 heterocycles. The van der Waals surface area contributed by atoms with E-state index in [4.69, 9.17) is 21.3 Å². The van der Waals surface area contributed by atoms with Gasteiger partial charge in [0.05, 0.1) is 17.2 Å². The lowest BCUT2D eigenvalue weighted by molar-refractivity contribution is -0.0905. The number of pyridine rings is 1. The number of ether oxygens (including phenoxy) is 1. The maximum absolute atomic E-state index is 14.1. The quantitative estimate of drug-likeness (QED) is 0.267. The Bertz CT molecular complexity index is 1850. The predicted molar refractivity (Wildman–Crippen MR) is 154 cm³/mol. The molecule has 7 heteroatoms. The van der Waals surface area contributed by atoms with E-state index in [1.165, 1.54) is 0 Å². The molecule has 0 amide bonds. The maximum Gasteiger partial charge on any atom is 0.255 e. The molecule has 0 unspecified atom stereocenters. The number of benzene rings is 3. The molecule has 0 spiro atoms. The van der Waals surface area contributed by atoms with Gasteiger partial charge in [0.2, 0.25) is 0 Å². The van der Waals surface area contributed by atoms with Crippen molar-refractivity contribution in [1.82, 2.24) is 15.0 Å². The van der Waals surface area contributed by atoms with Crippen LogP contribution in [0.5, 0.6) is 5.75 Å². The molecule has 1 aliphatic heterocycles. The molecule has 3 aromatic carbocycles. The van der Waals surface area contributed by atoms with Crippen LogP contribution in [0.15, 0.2) is 89.9 Å². The largest absolute Gasteiger partial charge is 0.477 e. The van der Waals surface area contributed by atoms with Crippen molar-refractivity contribution >= 4 is 11.6 Å². The minimum atomic E-state index is -1.77. The van der Waals surface area contributed by atoms with E-state index in [1.54, 1.807) is 18.3 Å². The molecule has 1 aliphatic carbocycles. The molecule has 6 nitrogen and oxygen atoms in total. The van der Waals surface area contributed by atoms with Crippen LogP contribution >= 0.6 is 11.6 Å². The highest BCUT2D eigenvalue weighted by atomic mass is 35.5. The van der Waals surface area contributed by atoms with E-state index in [1.807, 2.05) is 87.5 Å². The number of rotatable bonds is 3. The third-order valence-electron chi connectivity index (χ3n) is 8.22. The van der Waals surface area contributed by atoms with Crippen LogP contribution in [-0.4, -0.2) is 20.1 Å². The summed E-state index contributed by atoms with van der Waals surface area (Å²) in [4.78, 5) is 26.2. The number of nitrogens with one attached hydrogen (secondary N) is 1. The van der Waals surface area contributed by atoms with Crippen molar-refractivity contribution < 1.29 is 9.84 Å². The van der Waals surface area contributed by atoms with Crippen LogP contribution in [0.1, 0.15) is 50.6 Å². The molecule has 7 rings (SSSR count). The lowest BCUT2D eigenvalue weighted by atomic mass is 9.69. The average molecular weight is 548 g/mol. The van der Waals surface area contributed by atoms with Crippen molar-refractivity contribution in [2.45, 2.75) is 37.9 Å². The number of nitrogens with zero attached hydrogens (tertiary/aromatic N) is 2. The number of aliphatic hydroxyl groups is 1. The third-order valence-corrected chi connectivity index (χ3v) is 8.44. The number of halogens is 1. The number of aromatic amines is 1. The van der Waals surface area contributed by atoms with Crippen LogP contribution in [-0.2, 0) is 11.2 Å². The van der Waals surface area contributed by atoms with Gasteiger partial charge in [0, 0.05) is 22.9 Å². The van der Waals surface area contributed by atoms with Gasteiger partial charge < -0.3 is 14.8 Å². The summed E-state index contributed by atoms with van der Waals surface area (Å²) in [6.07, 6.45) is 1.56. The second-order valence-corrected chi connectivity index (χ2v) is 11.1. The summed E-state index contributed by atoms with van der Waals surface area (Å²) in [7, 11) is 0. The Kier molecular flexibility index (Phi) is 5.33. The van der Waals surface area contributed by atoms with Crippen molar-refractivity contribution in [2.24, 2.45) is 0 Å². The Labute approximate surface area is 236 Å². The van der Waals surface area contributed by atoms with Gasteiger partial charge in [-0.25, -0.2) is 9.97 Å². The Morgan fingerprint density at radius 3 is 2.40 bits per heavy atom. The zero-order chi connectivity index (χ0) is 27.8. The van der Waals surface area contributed by atoms with E-state index < -0.39 is 17.1 Å². The molecular weight excluding hydrogens is 522 g/mol. The minimum Gasteiger partial charge on any atom is -0.477 e. The fraction of sp³-hybridized carbons (Fsp3) is 0.182. The lowest BCUT2D eigenvalue weighted by Gasteiger charge is -2.40. The zero-order valence-corrected chi connectivity index (χ0v) is 23.0. The van der Waals surface area contributed by atoms with Crippen LogP contribution in [0, 0.1) is 20.8 Å². The van der Waals surface area contributed by atoms with Gasteiger partial charge in [-0.1, -0.05) is 77.8 Å². The summed E-state index contributed by atoms with van der Waals surface area (Å²) >= 11 is 6.03. The van der Waals surface area contributed by atoms with E-state index in [-0.39, 0.29) is 11.3 Å². The minimum absolute atomic E-state index is 0.279. The van der Waals surface area contributed by atoms with E-state index in [2.05, 4.69) is 9.97 Å². The number of fused-ring (bicyclic) bond motifs is 5. The van der Waals surface area contributed by atoms with Gasteiger partial charge in [-0.05, 0) is 55.7 Å². The molecule has 0 saturated heterocycles. The molecule has 0 fully saturated rings. The fourth-order valence-electron chi connectivity index (χ4n) is 6.63. The van der Waals surface area contributed by atoms with Gasteiger partial charge in [0.25, 0.3) is 5.56 Å². The van der Waals surface area contributed by atoms with Crippen molar-refractivity contribution in [1.29, 1.82) is 0 Å². The SMILES string of the molecule is Cc1ccc([C@@]23Oc4cc(C)cc(C)c4[C@]2(O)c2nc(-c4ccc(Cl)nc4)[nH]c(=O)c2[C@H]3c2ccccc2)cc1. The number of hydrogen-bond acceptors (Lipinski definition) is 5. The van der Waals surface area contributed by atoms with E-state index >= 15 is 0 Å². The van der Waals surface area contributed by atoms with E-state index in [0.29, 0.717) is 33.4 Å². The number of hydrogen-bond donors (Lipinski definition) is 2. The smallest absolute Gasteiger partial charge is 0.255 e. The first kappa shape index (κ1) is 24.8. The molecule has 198 valence electrons. The van der Waals surface area contributed by atoms with E-state index in [9.17, 15) is 9.90 Å².